The lowest BCUT2D eigenvalue weighted by Gasteiger charge is -2.08. The number of benzene rings is 2. The summed E-state index contributed by atoms with van der Waals surface area (Å²) in [6.07, 6.45) is 0. The van der Waals surface area contributed by atoms with Gasteiger partial charge in [0.1, 0.15) is 0 Å². The number of hydrogen-bond acceptors (Lipinski definition) is 2. The number of rotatable bonds is 3. The number of carbonyl (C=O) groups excluding carboxylic acids is 1. The molecule has 0 bridgehead atoms. The van der Waals surface area contributed by atoms with Crippen LogP contribution in [-0.2, 0) is 6.54 Å². The molecule has 2 aromatic carbocycles. The average Bonchev–Trinajstić information content (AvgIpc) is 2.41. The number of hydrogen-bond donors (Lipinski definition) is 3. The van der Waals surface area contributed by atoms with E-state index in [2.05, 4.69) is 10.6 Å². The van der Waals surface area contributed by atoms with Crippen molar-refractivity contribution in [1.82, 2.24) is 0 Å². The van der Waals surface area contributed by atoms with Gasteiger partial charge in [0.25, 0.3) is 0 Å². The topological polar surface area (TPSA) is 67.1 Å². The molecule has 2 rings (SSSR count). The zero-order valence-corrected chi connectivity index (χ0v) is 10.9. The van der Waals surface area contributed by atoms with E-state index in [0.29, 0.717) is 22.9 Å². The van der Waals surface area contributed by atoms with E-state index in [-0.39, 0.29) is 6.03 Å². The second kappa shape index (κ2) is 6.22. The second-order valence-electron chi connectivity index (χ2n) is 3.99. The molecule has 2 aromatic rings. The molecule has 4 N–H and O–H groups in total. The van der Waals surface area contributed by atoms with E-state index >= 15 is 0 Å². The Kier molecular flexibility index (Phi) is 4.39. The molecule has 0 aliphatic carbocycles. The first-order valence-electron chi connectivity index (χ1n) is 5.80. The second-order valence-corrected chi connectivity index (χ2v) is 4.43. The quantitative estimate of drug-likeness (QED) is 0.803. The number of carbonyl (C=O) groups is 1. The van der Waals surface area contributed by atoms with Crippen LogP contribution in [0.1, 0.15) is 5.56 Å². The molecule has 5 heteroatoms. The third-order valence-corrected chi connectivity index (χ3v) is 2.77. The molecule has 0 fully saturated rings. The first-order valence-corrected chi connectivity index (χ1v) is 6.18. The average molecular weight is 276 g/mol. The predicted octanol–water partition coefficient (Wildman–Crippen LogP) is 3.44. The molecule has 0 saturated carbocycles. The van der Waals surface area contributed by atoms with Crippen LogP contribution in [0.5, 0.6) is 0 Å². The van der Waals surface area contributed by atoms with Crippen LogP contribution < -0.4 is 16.4 Å². The maximum atomic E-state index is 11.8. The molecule has 0 aliphatic heterocycles. The predicted molar refractivity (Wildman–Crippen MR) is 78.4 cm³/mol. The van der Waals surface area contributed by atoms with Crippen molar-refractivity contribution in [2.75, 3.05) is 10.6 Å². The third kappa shape index (κ3) is 3.98. The first kappa shape index (κ1) is 13.4. The Hall–Kier alpha value is -2.04. The summed E-state index contributed by atoms with van der Waals surface area (Å²) in [5.74, 6) is 0. The molecule has 98 valence electrons. The summed E-state index contributed by atoms with van der Waals surface area (Å²) in [7, 11) is 0. The number of nitrogens with one attached hydrogen (secondary N) is 2. The number of nitrogens with two attached hydrogens (primary N) is 1. The van der Waals surface area contributed by atoms with Gasteiger partial charge in [-0.3, -0.25) is 0 Å². The normalized spacial score (nSPS) is 10.0. The van der Waals surface area contributed by atoms with E-state index < -0.39 is 0 Å². The van der Waals surface area contributed by atoms with Gasteiger partial charge in [-0.05, 0) is 42.0 Å². The molecule has 4 nitrogen and oxygen atoms in total. The van der Waals surface area contributed by atoms with Crippen molar-refractivity contribution in [2.24, 2.45) is 5.73 Å². The van der Waals surface area contributed by atoms with Gasteiger partial charge in [-0.2, -0.15) is 0 Å². The van der Waals surface area contributed by atoms with Gasteiger partial charge in [-0.15, -0.1) is 0 Å². The fraction of sp³-hybridized carbons (Fsp3) is 0.0714. The van der Waals surface area contributed by atoms with Crippen molar-refractivity contribution in [3.8, 4) is 0 Å². The molecular weight excluding hydrogens is 262 g/mol. The minimum absolute atomic E-state index is 0.309. The Morgan fingerprint density at radius 1 is 1.05 bits per heavy atom. The lowest BCUT2D eigenvalue weighted by molar-refractivity contribution is 0.262. The highest BCUT2D eigenvalue weighted by molar-refractivity contribution is 6.30. The molecule has 0 radical (unpaired) electrons. The molecule has 2 amide bonds. The van der Waals surface area contributed by atoms with Crippen LogP contribution >= 0.6 is 11.6 Å². The van der Waals surface area contributed by atoms with Crippen molar-refractivity contribution in [3.63, 3.8) is 0 Å². The van der Waals surface area contributed by atoms with E-state index in [1.54, 1.807) is 30.3 Å². The maximum absolute atomic E-state index is 11.8. The van der Waals surface area contributed by atoms with E-state index in [1.807, 2.05) is 18.2 Å². The molecule has 0 spiro atoms. The minimum Gasteiger partial charge on any atom is -0.326 e. The summed E-state index contributed by atoms with van der Waals surface area (Å²) >= 11 is 5.77. The Morgan fingerprint density at radius 3 is 2.42 bits per heavy atom. The largest absolute Gasteiger partial charge is 0.326 e. The fourth-order valence-corrected chi connectivity index (χ4v) is 1.73. The number of urea groups is 1. The van der Waals surface area contributed by atoms with Crippen molar-refractivity contribution < 1.29 is 4.79 Å². The van der Waals surface area contributed by atoms with Crippen molar-refractivity contribution in [1.29, 1.82) is 0 Å². The number of amides is 2. The minimum atomic E-state index is -0.309. The smallest absolute Gasteiger partial charge is 0.323 e. The third-order valence-electron chi connectivity index (χ3n) is 2.52. The first-order chi connectivity index (χ1) is 9.17. The fourth-order valence-electron chi connectivity index (χ4n) is 1.60. The van der Waals surface area contributed by atoms with Crippen molar-refractivity contribution in [2.45, 2.75) is 6.54 Å². The van der Waals surface area contributed by atoms with Gasteiger partial charge in [0.05, 0.1) is 0 Å². The van der Waals surface area contributed by atoms with Gasteiger partial charge < -0.3 is 16.4 Å². The Labute approximate surface area is 116 Å². The Bertz CT molecular complexity index is 569. The summed E-state index contributed by atoms with van der Waals surface area (Å²) in [5, 5.41) is 6.08. The van der Waals surface area contributed by atoms with Crippen molar-refractivity contribution in [3.05, 3.63) is 59.1 Å². The lowest BCUT2D eigenvalue weighted by atomic mass is 10.2. The van der Waals surface area contributed by atoms with Gasteiger partial charge in [0.2, 0.25) is 0 Å². The molecule has 0 heterocycles. The van der Waals surface area contributed by atoms with E-state index in [0.717, 1.165) is 5.56 Å². The molecule has 19 heavy (non-hydrogen) atoms. The van der Waals surface area contributed by atoms with E-state index in [4.69, 9.17) is 17.3 Å². The summed E-state index contributed by atoms with van der Waals surface area (Å²) in [6, 6.07) is 14.0. The van der Waals surface area contributed by atoms with Crippen molar-refractivity contribution >= 4 is 29.0 Å². The van der Waals surface area contributed by atoms with Crippen LogP contribution in [0, 0.1) is 0 Å². The van der Waals surface area contributed by atoms with Crippen LogP contribution in [0.25, 0.3) is 0 Å². The highest BCUT2D eigenvalue weighted by Gasteiger charge is 2.03. The van der Waals surface area contributed by atoms with Gasteiger partial charge in [-0.1, -0.05) is 23.7 Å². The van der Waals surface area contributed by atoms with E-state index in [9.17, 15) is 4.79 Å². The summed E-state index contributed by atoms with van der Waals surface area (Å²) < 4.78 is 0. The molecular formula is C14H14ClN3O. The van der Waals surface area contributed by atoms with Crippen LogP contribution in [0.4, 0.5) is 16.2 Å². The maximum Gasteiger partial charge on any atom is 0.323 e. The zero-order chi connectivity index (χ0) is 13.7. The molecule has 0 unspecified atom stereocenters. The molecule has 0 saturated heterocycles. The zero-order valence-electron chi connectivity index (χ0n) is 10.2. The van der Waals surface area contributed by atoms with Gasteiger partial charge >= 0.3 is 6.03 Å². The monoisotopic (exact) mass is 275 g/mol. The summed E-state index contributed by atoms with van der Waals surface area (Å²) in [6.45, 7) is 0.439. The SMILES string of the molecule is NCc1cccc(NC(=O)Nc2ccc(Cl)cc2)c1. The summed E-state index contributed by atoms with van der Waals surface area (Å²) in [5.41, 5.74) is 7.89. The summed E-state index contributed by atoms with van der Waals surface area (Å²) in [4.78, 5) is 11.8. The van der Waals surface area contributed by atoms with Crippen LogP contribution in [-0.4, -0.2) is 6.03 Å². The van der Waals surface area contributed by atoms with Crippen LogP contribution in [0.3, 0.4) is 0 Å². The van der Waals surface area contributed by atoms with Crippen LogP contribution in [0.2, 0.25) is 5.02 Å². The van der Waals surface area contributed by atoms with E-state index in [1.165, 1.54) is 0 Å². The van der Waals surface area contributed by atoms with Gasteiger partial charge in [0, 0.05) is 22.9 Å². The number of halogens is 1. The Morgan fingerprint density at radius 2 is 1.74 bits per heavy atom. The number of anilines is 2. The molecule has 0 atom stereocenters. The Balaban J connectivity index is 1.99. The highest BCUT2D eigenvalue weighted by atomic mass is 35.5. The molecule has 0 aromatic heterocycles. The van der Waals surface area contributed by atoms with Gasteiger partial charge in [0.15, 0.2) is 0 Å². The highest BCUT2D eigenvalue weighted by Crippen LogP contribution is 2.14. The van der Waals surface area contributed by atoms with Crippen LogP contribution in [0.15, 0.2) is 48.5 Å². The van der Waals surface area contributed by atoms with Gasteiger partial charge in [-0.25, -0.2) is 4.79 Å². The standard InChI is InChI=1S/C14H14ClN3O/c15-11-4-6-12(7-5-11)17-14(19)18-13-3-1-2-10(8-13)9-16/h1-8H,9,16H2,(H2,17,18,19). The molecule has 0 aliphatic rings. The lowest BCUT2D eigenvalue weighted by Crippen LogP contribution is -2.19.